The Morgan fingerprint density at radius 2 is 2.11 bits per heavy atom. The van der Waals surface area contributed by atoms with Crippen molar-refractivity contribution in [1.29, 1.82) is 5.41 Å². The van der Waals surface area contributed by atoms with Gasteiger partial charge in [0.25, 0.3) is 0 Å². The smallest absolute Gasteiger partial charge is 0.119 e. The molecule has 0 aliphatic carbocycles. The first kappa shape index (κ1) is 15.8. The molecule has 0 saturated heterocycles. The monoisotopic (exact) mass is 282 g/mol. The van der Waals surface area contributed by atoms with Gasteiger partial charge in [0.1, 0.15) is 5.75 Å². The Bertz CT molecular complexity index is 444. The molecule has 0 aliphatic rings. The number of aryl methyl sites for hydroxylation is 1. The summed E-state index contributed by atoms with van der Waals surface area (Å²) in [4.78, 5) is 0. The van der Waals surface area contributed by atoms with E-state index in [-0.39, 0.29) is 11.3 Å². The number of hydrogen-bond donors (Lipinski definition) is 2. The van der Waals surface area contributed by atoms with E-state index in [0.29, 0.717) is 6.61 Å². The lowest BCUT2D eigenvalue weighted by molar-refractivity contribution is 0.286. The maximum atomic E-state index is 7.50. The first-order valence-corrected chi connectivity index (χ1v) is 7.00. The molecule has 0 atom stereocenters. The van der Waals surface area contributed by atoms with Gasteiger partial charge in [-0.3, -0.25) is 5.41 Å². The van der Waals surface area contributed by atoms with Crippen LogP contribution in [0.15, 0.2) is 18.2 Å². The topological polar surface area (TPSA) is 59.1 Å². The highest BCUT2D eigenvalue weighted by Crippen LogP contribution is 2.24. The van der Waals surface area contributed by atoms with Crippen LogP contribution in [0.5, 0.6) is 5.75 Å². The number of hydrogen-bond acceptors (Lipinski definition) is 2. The zero-order valence-electron chi connectivity index (χ0n) is 11.9. The van der Waals surface area contributed by atoms with Crippen molar-refractivity contribution in [2.24, 2.45) is 11.1 Å². The number of ether oxygens (including phenoxy) is 1. The Morgan fingerprint density at radius 3 is 2.68 bits per heavy atom. The molecule has 0 bridgehead atoms. The Labute approximate surface area is 120 Å². The van der Waals surface area contributed by atoms with Crippen molar-refractivity contribution in [3.63, 3.8) is 0 Å². The minimum absolute atomic E-state index is 0.229. The van der Waals surface area contributed by atoms with Crippen LogP contribution in [0.2, 0.25) is 5.02 Å². The van der Waals surface area contributed by atoms with Gasteiger partial charge in [-0.25, -0.2) is 0 Å². The van der Waals surface area contributed by atoms with Gasteiger partial charge in [-0.1, -0.05) is 32.4 Å². The van der Waals surface area contributed by atoms with Gasteiger partial charge in [0.05, 0.1) is 12.4 Å². The minimum Gasteiger partial charge on any atom is -0.494 e. The molecule has 0 aromatic heterocycles. The van der Waals surface area contributed by atoms with Gasteiger partial charge in [-0.15, -0.1) is 0 Å². The number of nitrogens with two attached hydrogens (primary N) is 1. The average Bonchev–Trinajstić information content (AvgIpc) is 2.36. The molecular weight excluding hydrogens is 260 g/mol. The van der Waals surface area contributed by atoms with Crippen LogP contribution < -0.4 is 10.5 Å². The van der Waals surface area contributed by atoms with E-state index < -0.39 is 0 Å². The maximum absolute atomic E-state index is 7.50. The predicted molar refractivity (Wildman–Crippen MR) is 81.3 cm³/mol. The first-order valence-electron chi connectivity index (χ1n) is 6.62. The van der Waals surface area contributed by atoms with Crippen LogP contribution in [0.3, 0.4) is 0 Å². The standard InChI is InChI=1S/C15H23ClN2O/c1-4-11-10-12(6-7-13(11)16)19-9-5-8-15(2,3)14(17)18/h6-7,10H,4-5,8-9H2,1-3H3,(H3,17,18). The molecule has 1 aromatic carbocycles. The van der Waals surface area contributed by atoms with Crippen molar-refractivity contribution < 1.29 is 4.74 Å². The second-order valence-electron chi connectivity index (χ2n) is 5.36. The third kappa shape index (κ3) is 4.75. The van der Waals surface area contributed by atoms with Crippen molar-refractivity contribution in [2.45, 2.75) is 40.0 Å². The molecule has 0 radical (unpaired) electrons. The van der Waals surface area contributed by atoms with Gasteiger partial charge in [0.2, 0.25) is 0 Å². The van der Waals surface area contributed by atoms with Crippen LogP contribution in [0, 0.1) is 10.8 Å². The summed E-state index contributed by atoms with van der Waals surface area (Å²) in [6.45, 7) is 6.65. The van der Waals surface area contributed by atoms with Crippen molar-refractivity contribution in [3.8, 4) is 5.75 Å². The third-order valence-electron chi connectivity index (χ3n) is 3.34. The van der Waals surface area contributed by atoms with E-state index in [2.05, 4.69) is 6.92 Å². The SMILES string of the molecule is CCc1cc(OCCCC(C)(C)C(=N)N)ccc1Cl. The zero-order chi connectivity index (χ0) is 14.5. The van der Waals surface area contributed by atoms with E-state index in [9.17, 15) is 0 Å². The Balaban J connectivity index is 2.44. The quantitative estimate of drug-likeness (QED) is 0.451. The van der Waals surface area contributed by atoms with Crippen LogP contribution in [-0.2, 0) is 6.42 Å². The fraction of sp³-hybridized carbons (Fsp3) is 0.533. The van der Waals surface area contributed by atoms with E-state index in [1.54, 1.807) is 0 Å². The minimum atomic E-state index is -0.252. The molecule has 1 rings (SSSR count). The molecule has 0 unspecified atom stereocenters. The van der Waals surface area contributed by atoms with E-state index in [4.69, 9.17) is 27.5 Å². The largest absolute Gasteiger partial charge is 0.494 e. The first-order chi connectivity index (χ1) is 8.86. The lowest BCUT2D eigenvalue weighted by Crippen LogP contribution is -2.31. The Hall–Kier alpha value is -1.22. The molecule has 0 amide bonds. The molecule has 0 heterocycles. The van der Waals surface area contributed by atoms with Gasteiger partial charge in [-0.2, -0.15) is 0 Å². The summed E-state index contributed by atoms with van der Waals surface area (Å²) in [6.07, 6.45) is 2.61. The second kappa shape index (κ2) is 6.80. The number of amidine groups is 1. The third-order valence-corrected chi connectivity index (χ3v) is 3.71. The highest BCUT2D eigenvalue weighted by atomic mass is 35.5. The van der Waals surface area contributed by atoms with Crippen LogP contribution >= 0.6 is 11.6 Å². The zero-order valence-corrected chi connectivity index (χ0v) is 12.7. The summed E-state index contributed by atoms with van der Waals surface area (Å²) in [6, 6.07) is 5.74. The van der Waals surface area contributed by atoms with Gasteiger partial charge < -0.3 is 10.5 Å². The van der Waals surface area contributed by atoms with Gasteiger partial charge in [0.15, 0.2) is 0 Å². The summed E-state index contributed by atoms with van der Waals surface area (Å²) >= 11 is 6.06. The van der Waals surface area contributed by atoms with Gasteiger partial charge in [0, 0.05) is 10.4 Å². The molecule has 106 valence electrons. The van der Waals surface area contributed by atoms with E-state index in [1.165, 1.54) is 0 Å². The summed E-state index contributed by atoms with van der Waals surface area (Å²) < 4.78 is 5.71. The fourth-order valence-electron chi connectivity index (χ4n) is 1.75. The highest BCUT2D eigenvalue weighted by Gasteiger charge is 2.20. The molecule has 19 heavy (non-hydrogen) atoms. The molecule has 1 aromatic rings. The summed E-state index contributed by atoms with van der Waals surface area (Å²) in [7, 11) is 0. The maximum Gasteiger partial charge on any atom is 0.119 e. The van der Waals surface area contributed by atoms with Crippen LogP contribution in [-0.4, -0.2) is 12.4 Å². The number of nitrogens with one attached hydrogen (secondary N) is 1. The fourth-order valence-corrected chi connectivity index (χ4v) is 2.00. The summed E-state index contributed by atoms with van der Waals surface area (Å²) in [5, 5.41) is 8.28. The van der Waals surface area contributed by atoms with E-state index in [1.807, 2.05) is 32.0 Å². The normalized spacial score (nSPS) is 11.4. The lowest BCUT2D eigenvalue weighted by atomic mass is 9.87. The average molecular weight is 283 g/mol. The van der Waals surface area contributed by atoms with Crippen LogP contribution in [0.1, 0.15) is 39.2 Å². The predicted octanol–water partition coefficient (Wildman–Crippen LogP) is 4.02. The lowest BCUT2D eigenvalue weighted by Gasteiger charge is -2.22. The molecular formula is C15H23ClN2O. The highest BCUT2D eigenvalue weighted by molar-refractivity contribution is 6.31. The Kier molecular flexibility index (Phi) is 5.67. The molecule has 3 nitrogen and oxygen atoms in total. The van der Waals surface area contributed by atoms with Crippen molar-refractivity contribution in [1.82, 2.24) is 0 Å². The number of rotatable bonds is 7. The number of benzene rings is 1. The molecule has 0 aliphatic heterocycles. The summed E-state index contributed by atoms with van der Waals surface area (Å²) in [5.41, 5.74) is 6.39. The Morgan fingerprint density at radius 1 is 1.42 bits per heavy atom. The second-order valence-corrected chi connectivity index (χ2v) is 5.76. The summed E-state index contributed by atoms with van der Waals surface area (Å²) in [5.74, 6) is 1.08. The molecule has 0 fully saturated rings. The van der Waals surface area contributed by atoms with Gasteiger partial charge >= 0.3 is 0 Å². The molecule has 3 N–H and O–H groups in total. The van der Waals surface area contributed by atoms with Crippen molar-refractivity contribution in [3.05, 3.63) is 28.8 Å². The molecule has 4 heteroatoms. The number of halogens is 1. The van der Waals surface area contributed by atoms with Gasteiger partial charge in [-0.05, 0) is 43.0 Å². The van der Waals surface area contributed by atoms with E-state index in [0.717, 1.165) is 35.6 Å². The van der Waals surface area contributed by atoms with E-state index >= 15 is 0 Å². The van der Waals surface area contributed by atoms with Crippen molar-refractivity contribution in [2.75, 3.05) is 6.61 Å². The molecule has 0 spiro atoms. The van der Waals surface area contributed by atoms with Crippen LogP contribution in [0.4, 0.5) is 0 Å². The van der Waals surface area contributed by atoms with Crippen molar-refractivity contribution >= 4 is 17.4 Å². The molecule has 0 saturated carbocycles. The van der Waals surface area contributed by atoms with Crippen LogP contribution in [0.25, 0.3) is 0 Å².